The van der Waals surface area contributed by atoms with Crippen LogP contribution in [0.1, 0.15) is 19.4 Å². The van der Waals surface area contributed by atoms with Gasteiger partial charge in [-0.25, -0.2) is 8.42 Å². The Balaban J connectivity index is 1.73. The molecule has 132 valence electrons. The fourth-order valence-electron chi connectivity index (χ4n) is 3.83. The highest BCUT2D eigenvalue weighted by Crippen LogP contribution is 2.28. The molecule has 2 saturated heterocycles. The maximum Gasteiger partial charge on any atom is 0.225 e. The minimum atomic E-state index is -3.07. The third-order valence-electron chi connectivity index (χ3n) is 5.10. The van der Waals surface area contributed by atoms with Gasteiger partial charge in [0.25, 0.3) is 0 Å². The van der Waals surface area contributed by atoms with Crippen LogP contribution in [0.5, 0.6) is 0 Å². The van der Waals surface area contributed by atoms with Gasteiger partial charge >= 0.3 is 0 Å². The van der Waals surface area contributed by atoms with Crippen molar-refractivity contribution in [3.8, 4) is 0 Å². The van der Waals surface area contributed by atoms with Crippen LogP contribution < -0.4 is 0 Å². The molecule has 2 atom stereocenters. The summed E-state index contributed by atoms with van der Waals surface area (Å²) in [5.74, 6) is 0.265. The van der Waals surface area contributed by atoms with Crippen molar-refractivity contribution in [1.82, 2.24) is 9.80 Å². The van der Waals surface area contributed by atoms with Crippen LogP contribution >= 0.6 is 0 Å². The van der Waals surface area contributed by atoms with Gasteiger partial charge in [0, 0.05) is 31.6 Å². The Hall–Kier alpha value is -1.40. The molecule has 24 heavy (non-hydrogen) atoms. The van der Waals surface area contributed by atoms with E-state index in [1.807, 2.05) is 36.9 Å². The summed E-state index contributed by atoms with van der Waals surface area (Å²) in [6.45, 7) is 5.97. The molecule has 1 aromatic carbocycles. The maximum absolute atomic E-state index is 12.5. The second-order valence-corrected chi connectivity index (χ2v) is 9.32. The number of hydrogen-bond acceptors (Lipinski definition) is 4. The van der Waals surface area contributed by atoms with E-state index < -0.39 is 9.84 Å². The zero-order valence-electron chi connectivity index (χ0n) is 14.4. The predicted molar refractivity (Wildman–Crippen MR) is 94.5 cm³/mol. The van der Waals surface area contributed by atoms with Gasteiger partial charge < -0.3 is 4.90 Å². The third kappa shape index (κ3) is 3.64. The van der Waals surface area contributed by atoms with E-state index in [1.54, 1.807) is 0 Å². The second-order valence-electron chi connectivity index (χ2n) is 7.17. The smallest absolute Gasteiger partial charge is 0.225 e. The minimum Gasteiger partial charge on any atom is -0.336 e. The van der Waals surface area contributed by atoms with E-state index in [0.29, 0.717) is 6.54 Å². The Morgan fingerprint density at radius 2 is 1.79 bits per heavy atom. The van der Waals surface area contributed by atoms with Crippen LogP contribution in [0, 0.1) is 5.92 Å². The lowest BCUT2D eigenvalue weighted by molar-refractivity contribution is -0.140. The first-order valence-corrected chi connectivity index (χ1v) is 10.5. The highest BCUT2D eigenvalue weighted by atomic mass is 32.2. The quantitative estimate of drug-likeness (QED) is 0.819. The number of carbonyl (C=O) groups excluding carboxylic acids is 1. The van der Waals surface area contributed by atoms with Crippen LogP contribution in [0.3, 0.4) is 0 Å². The Bertz CT molecular complexity index is 687. The fraction of sp³-hybridized carbons (Fsp3) is 0.611. The lowest BCUT2D eigenvalue weighted by Gasteiger charge is -2.44. The van der Waals surface area contributed by atoms with E-state index in [-0.39, 0.29) is 35.4 Å². The standard InChI is InChI=1S/C18H26N2O3S/c1-14(2)18(21)20-11-10-19(9-8-15-6-4-3-5-7-15)16-12-24(22,23)13-17(16)20/h3-7,14,16-17H,8-13H2,1-2H3/t16-,17+/m1/s1. The second kappa shape index (κ2) is 6.84. The fourth-order valence-corrected chi connectivity index (χ4v) is 5.84. The van der Waals surface area contributed by atoms with E-state index in [0.717, 1.165) is 19.5 Å². The lowest BCUT2D eigenvalue weighted by Crippen LogP contribution is -2.61. The molecule has 5 nitrogen and oxygen atoms in total. The molecular formula is C18H26N2O3S. The molecule has 0 aliphatic carbocycles. The van der Waals surface area contributed by atoms with Crippen molar-refractivity contribution in [3.63, 3.8) is 0 Å². The minimum absolute atomic E-state index is 0.0600. The molecule has 2 fully saturated rings. The summed E-state index contributed by atoms with van der Waals surface area (Å²) >= 11 is 0. The van der Waals surface area contributed by atoms with E-state index in [1.165, 1.54) is 5.56 Å². The van der Waals surface area contributed by atoms with Crippen LogP contribution in [0.2, 0.25) is 0 Å². The first-order chi connectivity index (χ1) is 11.4. The first kappa shape index (κ1) is 17.4. The topological polar surface area (TPSA) is 57.7 Å². The average Bonchev–Trinajstić information content (AvgIpc) is 2.88. The number of piperazine rings is 1. The molecule has 1 aromatic rings. The van der Waals surface area contributed by atoms with Crippen LogP contribution in [-0.2, 0) is 21.1 Å². The molecule has 1 amide bonds. The summed E-state index contributed by atoms with van der Waals surface area (Å²) in [5.41, 5.74) is 1.26. The van der Waals surface area contributed by atoms with E-state index in [4.69, 9.17) is 0 Å². The number of amides is 1. The van der Waals surface area contributed by atoms with Crippen molar-refractivity contribution in [2.45, 2.75) is 32.4 Å². The van der Waals surface area contributed by atoms with Gasteiger partial charge in [0.2, 0.25) is 5.91 Å². The van der Waals surface area contributed by atoms with E-state index >= 15 is 0 Å². The number of sulfone groups is 1. The molecule has 0 N–H and O–H groups in total. The highest BCUT2D eigenvalue weighted by Gasteiger charge is 2.47. The molecule has 6 heteroatoms. The molecule has 2 aliphatic rings. The number of carbonyl (C=O) groups is 1. The zero-order chi connectivity index (χ0) is 17.3. The van der Waals surface area contributed by atoms with Gasteiger partial charge in [0.05, 0.1) is 17.5 Å². The lowest BCUT2D eigenvalue weighted by atomic mass is 10.0. The molecule has 2 aliphatic heterocycles. The maximum atomic E-state index is 12.5. The van der Waals surface area contributed by atoms with Crippen molar-refractivity contribution in [3.05, 3.63) is 35.9 Å². The number of hydrogen-bond donors (Lipinski definition) is 0. The number of benzene rings is 1. The Morgan fingerprint density at radius 3 is 2.46 bits per heavy atom. The van der Waals surface area contributed by atoms with Crippen molar-refractivity contribution in [1.29, 1.82) is 0 Å². The van der Waals surface area contributed by atoms with Crippen molar-refractivity contribution >= 4 is 15.7 Å². The molecule has 0 saturated carbocycles. The van der Waals surface area contributed by atoms with E-state index in [2.05, 4.69) is 17.0 Å². The molecule has 3 rings (SSSR count). The monoisotopic (exact) mass is 350 g/mol. The van der Waals surface area contributed by atoms with Crippen LogP contribution in [-0.4, -0.2) is 67.3 Å². The molecule has 0 radical (unpaired) electrons. The first-order valence-electron chi connectivity index (χ1n) is 8.66. The number of rotatable bonds is 4. The molecule has 0 unspecified atom stereocenters. The van der Waals surface area contributed by atoms with Gasteiger partial charge in [-0.3, -0.25) is 9.69 Å². The Morgan fingerprint density at radius 1 is 1.12 bits per heavy atom. The summed E-state index contributed by atoms with van der Waals surface area (Å²) in [6, 6.07) is 10.0. The Kier molecular flexibility index (Phi) is 4.97. The van der Waals surface area contributed by atoms with Gasteiger partial charge in [0.1, 0.15) is 0 Å². The van der Waals surface area contributed by atoms with Gasteiger partial charge in [-0.15, -0.1) is 0 Å². The summed E-state index contributed by atoms with van der Waals surface area (Å²) in [5, 5.41) is 0. The molecule has 0 aromatic heterocycles. The SMILES string of the molecule is CC(C)C(=O)N1CCN(CCc2ccccc2)[C@@H]2CS(=O)(=O)C[C@@H]21. The van der Waals surface area contributed by atoms with E-state index in [9.17, 15) is 13.2 Å². The summed E-state index contributed by atoms with van der Waals surface area (Å²) in [7, 11) is -3.07. The van der Waals surface area contributed by atoms with Gasteiger partial charge in [0.15, 0.2) is 9.84 Å². The Labute approximate surface area is 144 Å². The summed E-state index contributed by atoms with van der Waals surface area (Å²) in [4.78, 5) is 16.5. The number of fused-ring (bicyclic) bond motifs is 1. The summed E-state index contributed by atoms with van der Waals surface area (Å²) in [6.07, 6.45) is 0.905. The molecule has 0 spiro atoms. The molecule has 2 heterocycles. The zero-order valence-corrected chi connectivity index (χ0v) is 15.2. The third-order valence-corrected chi connectivity index (χ3v) is 6.80. The van der Waals surface area contributed by atoms with Gasteiger partial charge in [-0.05, 0) is 12.0 Å². The van der Waals surface area contributed by atoms with Crippen LogP contribution in [0.4, 0.5) is 0 Å². The van der Waals surface area contributed by atoms with Crippen LogP contribution in [0.25, 0.3) is 0 Å². The summed E-state index contributed by atoms with van der Waals surface area (Å²) < 4.78 is 24.4. The number of nitrogens with zero attached hydrogens (tertiary/aromatic N) is 2. The molecular weight excluding hydrogens is 324 g/mol. The average molecular weight is 350 g/mol. The largest absolute Gasteiger partial charge is 0.336 e. The highest BCUT2D eigenvalue weighted by molar-refractivity contribution is 7.91. The van der Waals surface area contributed by atoms with Crippen molar-refractivity contribution in [2.75, 3.05) is 31.1 Å². The molecule has 0 bridgehead atoms. The van der Waals surface area contributed by atoms with Gasteiger partial charge in [-0.1, -0.05) is 44.2 Å². The predicted octanol–water partition coefficient (Wildman–Crippen LogP) is 1.19. The van der Waals surface area contributed by atoms with Crippen LogP contribution in [0.15, 0.2) is 30.3 Å². The van der Waals surface area contributed by atoms with Gasteiger partial charge in [-0.2, -0.15) is 0 Å². The van der Waals surface area contributed by atoms with Crippen molar-refractivity contribution in [2.24, 2.45) is 5.92 Å². The van der Waals surface area contributed by atoms with Crippen molar-refractivity contribution < 1.29 is 13.2 Å². The normalized spacial score (nSPS) is 26.5.